The lowest BCUT2D eigenvalue weighted by molar-refractivity contribution is -0.116. The van der Waals surface area contributed by atoms with E-state index in [1.54, 1.807) is 6.20 Å². The quantitative estimate of drug-likeness (QED) is 0.619. The average molecular weight is 364 g/mol. The van der Waals surface area contributed by atoms with Crippen molar-refractivity contribution in [2.45, 2.75) is 33.1 Å². The molecule has 0 atom stereocenters. The topological polar surface area (TPSA) is 64.4 Å². The van der Waals surface area contributed by atoms with Gasteiger partial charge in [-0.05, 0) is 55.3 Å². The van der Waals surface area contributed by atoms with Gasteiger partial charge in [0.2, 0.25) is 5.91 Å². The summed E-state index contributed by atoms with van der Waals surface area (Å²) in [7, 11) is 0. The monoisotopic (exact) mass is 364 g/mol. The number of hydrogen-bond donors (Lipinski definition) is 1. The fraction of sp³-hybridized carbons (Fsp3) is 0.273. The number of aryl methyl sites for hydroxylation is 2. The molecule has 1 aromatic heterocycles. The number of carbonyl (C=O) groups is 1. The fourth-order valence-electron chi connectivity index (χ4n) is 2.71. The van der Waals surface area contributed by atoms with Gasteiger partial charge in [-0.2, -0.15) is 0 Å². The van der Waals surface area contributed by atoms with Gasteiger partial charge in [0.1, 0.15) is 5.75 Å². The summed E-state index contributed by atoms with van der Waals surface area (Å²) < 4.78 is 11.2. The Kier molecular flexibility index (Phi) is 6.26. The minimum atomic E-state index is -0.0555. The van der Waals surface area contributed by atoms with E-state index in [1.165, 1.54) is 5.56 Å². The Morgan fingerprint density at radius 2 is 1.81 bits per heavy atom. The molecule has 0 unspecified atom stereocenters. The van der Waals surface area contributed by atoms with E-state index < -0.39 is 0 Å². The molecular formula is C22H24N2O3. The van der Waals surface area contributed by atoms with Crippen molar-refractivity contribution in [3.63, 3.8) is 0 Å². The Bertz CT molecular complexity index is 867. The average Bonchev–Trinajstić information content (AvgIpc) is 3.17. The zero-order chi connectivity index (χ0) is 19.1. The first-order valence-corrected chi connectivity index (χ1v) is 9.24. The summed E-state index contributed by atoms with van der Waals surface area (Å²) in [6.45, 7) is 4.69. The molecule has 0 aliphatic rings. The Morgan fingerprint density at radius 1 is 1.07 bits per heavy atom. The molecule has 1 heterocycles. The van der Waals surface area contributed by atoms with Crippen LogP contribution in [0.2, 0.25) is 0 Å². The maximum atomic E-state index is 12.1. The van der Waals surface area contributed by atoms with Crippen LogP contribution in [0.4, 0.5) is 5.69 Å². The highest BCUT2D eigenvalue weighted by atomic mass is 16.5. The SMILES string of the molecule is CCOc1ccc(-c2cnc(CCC(=O)Nc3ccc(CC)cc3)o2)cc1. The molecule has 3 rings (SSSR count). The van der Waals surface area contributed by atoms with Gasteiger partial charge in [-0.1, -0.05) is 19.1 Å². The molecule has 1 amide bonds. The molecule has 2 aromatic carbocycles. The van der Waals surface area contributed by atoms with Gasteiger partial charge in [-0.25, -0.2) is 4.98 Å². The third-order valence-corrected chi connectivity index (χ3v) is 4.22. The third-order valence-electron chi connectivity index (χ3n) is 4.22. The second-order valence-electron chi connectivity index (χ2n) is 6.17. The summed E-state index contributed by atoms with van der Waals surface area (Å²) >= 11 is 0. The Balaban J connectivity index is 1.53. The van der Waals surface area contributed by atoms with E-state index >= 15 is 0 Å². The molecule has 0 saturated carbocycles. The van der Waals surface area contributed by atoms with Crippen LogP contribution in [0.3, 0.4) is 0 Å². The van der Waals surface area contributed by atoms with E-state index in [2.05, 4.69) is 17.2 Å². The zero-order valence-electron chi connectivity index (χ0n) is 15.7. The first-order valence-electron chi connectivity index (χ1n) is 9.24. The molecule has 0 fully saturated rings. The van der Waals surface area contributed by atoms with E-state index in [4.69, 9.17) is 9.15 Å². The van der Waals surface area contributed by atoms with Crippen LogP contribution in [-0.2, 0) is 17.6 Å². The number of carbonyl (C=O) groups excluding carboxylic acids is 1. The number of amides is 1. The maximum absolute atomic E-state index is 12.1. The first-order chi connectivity index (χ1) is 13.2. The summed E-state index contributed by atoms with van der Waals surface area (Å²) in [5.74, 6) is 2.00. The predicted molar refractivity (Wildman–Crippen MR) is 106 cm³/mol. The number of anilines is 1. The lowest BCUT2D eigenvalue weighted by atomic mass is 10.1. The van der Waals surface area contributed by atoms with Gasteiger partial charge in [0, 0.05) is 24.1 Å². The highest BCUT2D eigenvalue weighted by molar-refractivity contribution is 5.90. The number of aromatic nitrogens is 1. The molecule has 0 saturated heterocycles. The highest BCUT2D eigenvalue weighted by Gasteiger charge is 2.09. The van der Waals surface area contributed by atoms with Crippen LogP contribution in [0.5, 0.6) is 5.75 Å². The summed E-state index contributed by atoms with van der Waals surface area (Å²) in [5, 5.41) is 2.90. The van der Waals surface area contributed by atoms with E-state index in [1.807, 2.05) is 55.5 Å². The van der Waals surface area contributed by atoms with Gasteiger partial charge >= 0.3 is 0 Å². The van der Waals surface area contributed by atoms with E-state index in [0.29, 0.717) is 31.1 Å². The number of benzene rings is 2. The molecule has 27 heavy (non-hydrogen) atoms. The zero-order valence-corrected chi connectivity index (χ0v) is 15.7. The van der Waals surface area contributed by atoms with Crippen LogP contribution < -0.4 is 10.1 Å². The highest BCUT2D eigenvalue weighted by Crippen LogP contribution is 2.23. The number of rotatable bonds is 8. The van der Waals surface area contributed by atoms with Crippen LogP contribution in [0, 0.1) is 0 Å². The predicted octanol–water partition coefficient (Wildman–Crippen LogP) is 4.87. The largest absolute Gasteiger partial charge is 0.494 e. The molecule has 5 heteroatoms. The lowest BCUT2D eigenvalue weighted by Gasteiger charge is -2.05. The van der Waals surface area contributed by atoms with Gasteiger partial charge in [0.25, 0.3) is 0 Å². The summed E-state index contributed by atoms with van der Waals surface area (Å²) in [6, 6.07) is 15.6. The Morgan fingerprint density at radius 3 is 2.48 bits per heavy atom. The van der Waals surface area contributed by atoms with Crippen molar-refractivity contribution in [3.8, 4) is 17.1 Å². The smallest absolute Gasteiger partial charge is 0.224 e. The number of nitrogens with one attached hydrogen (secondary N) is 1. The Labute approximate surface area is 159 Å². The molecular weight excluding hydrogens is 340 g/mol. The Hall–Kier alpha value is -3.08. The third kappa shape index (κ3) is 5.20. The first kappa shape index (κ1) is 18.7. The second-order valence-corrected chi connectivity index (χ2v) is 6.17. The van der Waals surface area contributed by atoms with E-state index in [0.717, 1.165) is 23.4 Å². The van der Waals surface area contributed by atoms with Crippen LogP contribution in [0.1, 0.15) is 31.7 Å². The molecule has 0 bridgehead atoms. The van der Waals surface area contributed by atoms with Gasteiger partial charge in [-0.3, -0.25) is 4.79 Å². The van der Waals surface area contributed by atoms with Crippen molar-refractivity contribution in [2.24, 2.45) is 0 Å². The molecule has 0 radical (unpaired) electrons. The second kappa shape index (κ2) is 9.03. The van der Waals surface area contributed by atoms with Gasteiger partial charge in [-0.15, -0.1) is 0 Å². The summed E-state index contributed by atoms with van der Waals surface area (Å²) in [5.41, 5.74) is 2.98. The van der Waals surface area contributed by atoms with Gasteiger partial charge in [0.05, 0.1) is 12.8 Å². The normalized spacial score (nSPS) is 10.6. The van der Waals surface area contributed by atoms with Crippen molar-refractivity contribution in [1.29, 1.82) is 0 Å². The molecule has 140 valence electrons. The summed E-state index contributed by atoms with van der Waals surface area (Å²) in [4.78, 5) is 16.4. The van der Waals surface area contributed by atoms with Crippen molar-refractivity contribution < 1.29 is 13.9 Å². The number of ether oxygens (including phenoxy) is 1. The van der Waals surface area contributed by atoms with Crippen molar-refractivity contribution in [1.82, 2.24) is 4.98 Å². The van der Waals surface area contributed by atoms with Crippen LogP contribution in [0.15, 0.2) is 59.1 Å². The molecule has 3 aromatic rings. The van der Waals surface area contributed by atoms with Gasteiger partial charge < -0.3 is 14.5 Å². The lowest BCUT2D eigenvalue weighted by Crippen LogP contribution is -2.12. The van der Waals surface area contributed by atoms with Crippen molar-refractivity contribution >= 4 is 11.6 Å². The molecule has 0 spiro atoms. The van der Waals surface area contributed by atoms with Crippen molar-refractivity contribution in [3.05, 3.63) is 66.2 Å². The van der Waals surface area contributed by atoms with Crippen LogP contribution >= 0.6 is 0 Å². The van der Waals surface area contributed by atoms with Crippen molar-refractivity contribution in [2.75, 3.05) is 11.9 Å². The molecule has 1 N–H and O–H groups in total. The number of hydrogen-bond acceptors (Lipinski definition) is 4. The molecule has 5 nitrogen and oxygen atoms in total. The summed E-state index contributed by atoms with van der Waals surface area (Å²) in [6.07, 6.45) is 3.44. The van der Waals surface area contributed by atoms with Crippen LogP contribution in [-0.4, -0.2) is 17.5 Å². The maximum Gasteiger partial charge on any atom is 0.224 e. The fourth-order valence-corrected chi connectivity index (χ4v) is 2.71. The van der Waals surface area contributed by atoms with E-state index in [-0.39, 0.29) is 5.91 Å². The van der Waals surface area contributed by atoms with Gasteiger partial charge in [0.15, 0.2) is 11.7 Å². The minimum absolute atomic E-state index is 0.0555. The minimum Gasteiger partial charge on any atom is -0.494 e. The van der Waals surface area contributed by atoms with Crippen LogP contribution in [0.25, 0.3) is 11.3 Å². The number of oxazole rings is 1. The standard InChI is InChI=1S/C22H24N2O3/c1-3-16-5-9-18(10-6-16)24-21(25)13-14-22-23-15-20(27-22)17-7-11-19(12-8-17)26-4-2/h5-12,15H,3-4,13-14H2,1-2H3,(H,24,25). The molecule has 0 aliphatic heterocycles. The number of nitrogens with zero attached hydrogens (tertiary/aromatic N) is 1. The van der Waals surface area contributed by atoms with E-state index in [9.17, 15) is 4.79 Å². The molecule has 0 aliphatic carbocycles.